The zero-order valence-corrected chi connectivity index (χ0v) is 34.6. The fourth-order valence-electron chi connectivity index (χ4n) is 8.60. The van der Waals surface area contributed by atoms with Crippen molar-refractivity contribution in [1.29, 1.82) is 0 Å². The van der Waals surface area contributed by atoms with Crippen molar-refractivity contribution >= 4 is 28.4 Å². The Bertz CT molecular complexity index is 2950. The van der Waals surface area contributed by atoms with E-state index in [-0.39, 0.29) is 0 Å². The number of benzene rings is 9. The van der Waals surface area contributed by atoms with E-state index in [1.54, 1.807) is 0 Å². The Morgan fingerprint density at radius 3 is 1.23 bits per heavy atom. The van der Waals surface area contributed by atoms with Gasteiger partial charge >= 0.3 is 0 Å². The first-order chi connectivity index (χ1) is 30.7. The third-order valence-corrected chi connectivity index (χ3v) is 11.7. The van der Waals surface area contributed by atoms with Crippen LogP contribution in [0.25, 0.3) is 55.6 Å². The van der Waals surface area contributed by atoms with Crippen molar-refractivity contribution in [2.45, 2.75) is 12.8 Å². The SMILES string of the molecule is C1=CCCC(N(c2ccc(-c3ccccc3)cc2)c2ccc(-c3cccc(-c4ccc(N(c5ccccc5)c5ccc(-c6ccccc6)cc5)cc4)c3)c(-c3ccccc3)c2)=C1. The van der Waals surface area contributed by atoms with E-state index in [0.29, 0.717) is 0 Å². The summed E-state index contributed by atoms with van der Waals surface area (Å²) in [7, 11) is 0. The van der Waals surface area contributed by atoms with Gasteiger partial charge in [-0.2, -0.15) is 0 Å². The number of hydrogen-bond acceptors (Lipinski definition) is 2. The van der Waals surface area contributed by atoms with Crippen molar-refractivity contribution in [3.63, 3.8) is 0 Å². The summed E-state index contributed by atoms with van der Waals surface area (Å²) in [6.45, 7) is 0. The van der Waals surface area contributed by atoms with E-state index in [0.717, 1.165) is 41.3 Å². The summed E-state index contributed by atoms with van der Waals surface area (Å²) in [5.74, 6) is 0. The highest BCUT2D eigenvalue weighted by atomic mass is 15.2. The second-order valence-corrected chi connectivity index (χ2v) is 15.7. The van der Waals surface area contributed by atoms with Gasteiger partial charge in [0.1, 0.15) is 0 Å². The van der Waals surface area contributed by atoms with Gasteiger partial charge in [-0.15, -0.1) is 0 Å². The van der Waals surface area contributed by atoms with Crippen molar-refractivity contribution in [3.05, 3.63) is 261 Å². The predicted octanol–water partition coefficient (Wildman–Crippen LogP) is 16.9. The largest absolute Gasteiger partial charge is 0.314 e. The molecule has 0 aliphatic heterocycles. The summed E-state index contributed by atoms with van der Waals surface area (Å²) in [5, 5.41) is 0. The van der Waals surface area contributed by atoms with E-state index in [4.69, 9.17) is 0 Å². The first-order valence-electron chi connectivity index (χ1n) is 21.5. The molecule has 0 spiro atoms. The summed E-state index contributed by atoms with van der Waals surface area (Å²) in [6.07, 6.45) is 8.71. The Labute approximate surface area is 365 Å². The number of para-hydroxylation sites is 1. The average molecular weight is 795 g/mol. The molecule has 0 N–H and O–H groups in total. The number of anilines is 5. The van der Waals surface area contributed by atoms with E-state index in [1.165, 1.54) is 61.3 Å². The third kappa shape index (κ3) is 8.15. The van der Waals surface area contributed by atoms with Crippen molar-refractivity contribution < 1.29 is 0 Å². The quantitative estimate of drug-likeness (QED) is 0.129. The molecule has 9 aromatic carbocycles. The molecule has 1 aliphatic carbocycles. The van der Waals surface area contributed by atoms with E-state index in [2.05, 4.69) is 265 Å². The van der Waals surface area contributed by atoms with Gasteiger partial charge in [0.2, 0.25) is 0 Å². The van der Waals surface area contributed by atoms with Crippen LogP contribution in [0.4, 0.5) is 28.4 Å². The molecule has 0 saturated heterocycles. The maximum Gasteiger partial charge on any atom is 0.0465 e. The fraction of sp³-hybridized carbons (Fsp3) is 0.0333. The van der Waals surface area contributed by atoms with Gasteiger partial charge in [0.05, 0.1) is 0 Å². The molecular formula is C60H46N2. The van der Waals surface area contributed by atoms with Crippen LogP contribution in [-0.4, -0.2) is 0 Å². The van der Waals surface area contributed by atoms with Crippen LogP contribution in [-0.2, 0) is 0 Å². The van der Waals surface area contributed by atoms with Crippen molar-refractivity contribution in [2.75, 3.05) is 9.80 Å². The Kier molecular flexibility index (Phi) is 10.9. The van der Waals surface area contributed by atoms with Gasteiger partial charge < -0.3 is 9.80 Å². The molecule has 0 heterocycles. The predicted molar refractivity (Wildman–Crippen MR) is 263 cm³/mol. The second-order valence-electron chi connectivity index (χ2n) is 15.7. The van der Waals surface area contributed by atoms with Crippen LogP contribution >= 0.6 is 0 Å². The van der Waals surface area contributed by atoms with E-state index in [9.17, 15) is 0 Å². The number of allylic oxidation sites excluding steroid dienone is 4. The molecule has 0 aromatic heterocycles. The van der Waals surface area contributed by atoms with Crippen LogP contribution in [0, 0.1) is 0 Å². The molecule has 0 fully saturated rings. The van der Waals surface area contributed by atoms with Gasteiger partial charge in [-0.3, -0.25) is 0 Å². The third-order valence-electron chi connectivity index (χ3n) is 11.7. The van der Waals surface area contributed by atoms with Gasteiger partial charge in [-0.05, 0) is 141 Å². The van der Waals surface area contributed by atoms with Gasteiger partial charge in [0, 0.05) is 34.1 Å². The maximum absolute atomic E-state index is 2.43. The lowest BCUT2D eigenvalue weighted by molar-refractivity contribution is 0.918. The summed E-state index contributed by atoms with van der Waals surface area (Å²) in [6, 6.07) is 85.3. The Morgan fingerprint density at radius 2 is 0.694 bits per heavy atom. The molecule has 10 rings (SSSR count). The van der Waals surface area contributed by atoms with Crippen molar-refractivity contribution in [1.82, 2.24) is 0 Å². The lowest BCUT2D eigenvalue weighted by Gasteiger charge is -2.30. The maximum atomic E-state index is 2.43. The Hall–Kier alpha value is -7.94. The second kappa shape index (κ2) is 17.7. The average Bonchev–Trinajstić information content (AvgIpc) is 3.36. The molecule has 2 nitrogen and oxygen atoms in total. The monoisotopic (exact) mass is 794 g/mol. The minimum atomic E-state index is 0.976. The molecule has 9 aromatic rings. The molecular weight excluding hydrogens is 749 g/mol. The molecule has 0 bridgehead atoms. The lowest BCUT2D eigenvalue weighted by atomic mass is 9.91. The molecule has 0 radical (unpaired) electrons. The molecule has 2 heteroatoms. The normalized spacial score (nSPS) is 12.1. The number of hydrogen-bond donors (Lipinski definition) is 0. The summed E-state index contributed by atoms with van der Waals surface area (Å²) < 4.78 is 0. The first-order valence-corrected chi connectivity index (χ1v) is 21.5. The van der Waals surface area contributed by atoms with Crippen LogP contribution in [0.1, 0.15) is 12.8 Å². The van der Waals surface area contributed by atoms with Crippen molar-refractivity contribution in [3.8, 4) is 55.6 Å². The summed E-state index contributed by atoms with van der Waals surface area (Å²) in [5.41, 5.74) is 18.9. The first kappa shape index (κ1) is 38.3. The van der Waals surface area contributed by atoms with E-state index >= 15 is 0 Å². The summed E-state index contributed by atoms with van der Waals surface area (Å²) in [4.78, 5) is 4.76. The smallest absolute Gasteiger partial charge is 0.0465 e. The Morgan fingerprint density at radius 1 is 0.274 bits per heavy atom. The van der Waals surface area contributed by atoms with Crippen molar-refractivity contribution in [2.24, 2.45) is 0 Å². The van der Waals surface area contributed by atoms with Crippen LogP contribution in [0.5, 0.6) is 0 Å². The zero-order valence-electron chi connectivity index (χ0n) is 34.6. The van der Waals surface area contributed by atoms with Crippen LogP contribution < -0.4 is 9.80 Å². The number of rotatable bonds is 11. The lowest BCUT2D eigenvalue weighted by Crippen LogP contribution is -2.17. The van der Waals surface area contributed by atoms with Gasteiger partial charge in [0.15, 0.2) is 0 Å². The van der Waals surface area contributed by atoms with Gasteiger partial charge in [-0.1, -0.05) is 182 Å². The molecule has 0 atom stereocenters. The molecule has 0 unspecified atom stereocenters. The zero-order chi connectivity index (χ0) is 41.5. The van der Waals surface area contributed by atoms with Gasteiger partial charge in [-0.25, -0.2) is 0 Å². The van der Waals surface area contributed by atoms with E-state index < -0.39 is 0 Å². The molecule has 296 valence electrons. The highest BCUT2D eigenvalue weighted by Gasteiger charge is 2.19. The molecule has 62 heavy (non-hydrogen) atoms. The number of nitrogens with zero attached hydrogens (tertiary/aromatic N) is 2. The summed E-state index contributed by atoms with van der Waals surface area (Å²) >= 11 is 0. The fourth-order valence-corrected chi connectivity index (χ4v) is 8.60. The highest BCUT2D eigenvalue weighted by molar-refractivity contribution is 5.89. The van der Waals surface area contributed by atoms with Crippen LogP contribution in [0.3, 0.4) is 0 Å². The molecule has 0 amide bonds. The Balaban J connectivity index is 0.994. The van der Waals surface area contributed by atoms with E-state index in [1.807, 2.05) is 0 Å². The minimum Gasteiger partial charge on any atom is -0.314 e. The standard InChI is InChI=1S/C60H46N2/c1-6-17-45(18-7-1)47-29-35-55(36-30-47)61(53-25-12-4-13-26-53)56-39-33-49(34-40-56)51-23-16-24-52(43-51)59-42-41-58(44-60(59)50-21-10-3-11-22-50)62(54-27-14-5-15-28-54)57-37-31-48(32-38-57)46-19-8-2-9-20-46/h1-14,16-27,29-44H,15,28H2. The highest BCUT2D eigenvalue weighted by Crippen LogP contribution is 2.42. The topological polar surface area (TPSA) is 6.48 Å². The van der Waals surface area contributed by atoms with Crippen LogP contribution in [0.15, 0.2) is 261 Å². The van der Waals surface area contributed by atoms with Gasteiger partial charge in [0.25, 0.3) is 0 Å². The minimum absolute atomic E-state index is 0.976. The molecule has 1 aliphatic rings. The molecule has 0 saturated carbocycles. The van der Waals surface area contributed by atoms with Crippen LogP contribution in [0.2, 0.25) is 0 Å².